The van der Waals surface area contributed by atoms with E-state index in [9.17, 15) is 19.2 Å². The smallest absolute Gasteiger partial charge is 0.261 e. The first-order valence-corrected chi connectivity index (χ1v) is 8.63. The number of amides is 3. The normalized spacial score (nSPS) is 18.1. The molecule has 0 unspecified atom stereocenters. The predicted octanol–water partition coefficient (Wildman–Crippen LogP) is 2.13. The molecule has 3 rings (SSSR count). The highest BCUT2D eigenvalue weighted by Gasteiger charge is 2.38. The molecule has 2 heterocycles. The fraction of sp³-hybridized carbons (Fsp3) is 0.474. The minimum Gasteiger partial charge on any atom is -0.339 e. The van der Waals surface area contributed by atoms with Crippen molar-refractivity contribution in [3.8, 4) is 0 Å². The molecule has 6 nitrogen and oxygen atoms in total. The minimum absolute atomic E-state index is 0.0304. The van der Waals surface area contributed by atoms with Gasteiger partial charge in [0.05, 0.1) is 11.1 Å². The minimum atomic E-state index is -0.347. The van der Waals surface area contributed by atoms with Gasteiger partial charge in [0.1, 0.15) is 5.78 Å². The van der Waals surface area contributed by atoms with Crippen molar-refractivity contribution in [2.24, 2.45) is 5.92 Å². The van der Waals surface area contributed by atoms with E-state index in [1.165, 1.54) is 11.0 Å². The summed E-state index contributed by atoms with van der Waals surface area (Å²) in [6.45, 7) is 6.22. The van der Waals surface area contributed by atoms with Crippen LogP contribution in [-0.4, -0.2) is 52.4 Å². The first kappa shape index (κ1) is 17.3. The highest BCUT2D eigenvalue weighted by Crippen LogP contribution is 2.27. The van der Waals surface area contributed by atoms with Crippen LogP contribution in [0.15, 0.2) is 18.2 Å². The first-order valence-electron chi connectivity index (χ1n) is 8.63. The second-order valence-electron chi connectivity index (χ2n) is 7.01. The number of piperidine rings is 1. The van der Waals surface area contributed by atoms with Crippen LogP contribution in [0.2, 0.25) is 0 Å². The van der Waals surface area contributed by atoms with Crippen molar-refractivity contribution in [2.75, 3.05) is 13.1 Å². The van der Waals surface area contributed by atoms with Gasteiger partial charge in [-0.2, -0.15) is 0 Å². The van der Waals surface area contributed by atoms with Crippen LogP contribution in [0.5, 0.6) is 0 Å². The first-order chi connectivity index (χ1) is 11.8. The van der Waals surface area contributed by atoms with Crippen molar-refractivity contribution in [2.45, 2.75) is 39.7 Å². The number of nitrogens with zero attached hydrogens (tertiary/aromatic N) is 2. The zero-order valence-electron chi connectivity index (χ0n) is 14.7. The molecule has 0 N–H and O–H groups in total. The molecule has 3 amide bonds. The van der Waals surface area contributed by atoms with Gasteiger partial charge in [-0.15, -0.1) is 0 Å². The number of Topliss-reactive ketones (excluding diaryl/α,β-unsaturated/α-hetero) is 1. The second kappa shape index (κ2) is 6.43. The van der Waals surface area contributed by atoms with E-state index in [0.29, 0.717) is 42.6 Å². The summed E-state index contributed by atoms with van der Waals surface area (Å²) in [4.78, 5) is 51.9. The summed E-state index contributed by atoms with van der Waals surface area (Å²) in [7, 11) is 0. The summed E-state index contributed by atoms with van der Waals surface area (Å²) in [5, 5.41) is 0. The highest BCUT2D eigenvalue weighted by molar-refractivity contribution is 6.22. The Morgan fingerprint density at radius 1 is 1.04 bits per heavy atom. The summed E-state index contributed by atoms with van der Waals surface area (Å²) in [5.74, 6) is -0.616. The molecule has 0 saturated carbocycles. The summed E-state index contributed by atoms with van der Waals surface area (Å²) >= 11 is 0. The summed E-state index contributed by atoms with van der Waals surface area (Å²) < 4.78 is 0. The van der Waals surface area contributed by atoms with Gasteiger partial charge in [0.2, 0.25) is 0 Å². The van der Waals surface area contributed by atoms with Crippen molar-refractivity contribution in [3.05, 3.63) is 34.9 Å². The Labute approximate surface area is 146 Å². The van der Waals surface area contributed by atoms with Crippen LogP contribution < -0.4 is 0 Å². The lowest BCUT2D eigenvalue weighted by Gasteiger charge is -2.31. The zero-order valence-corrected chi connectivity index (χ0v) is 14.7. The number of likely N-dealkylation sites (tertiary alicyclic amines) is 1. The van der Waals surface area contributed by atoms with Gasteiger partial charge in [0.15, 0.2) is 0 Å². The Morgan fingerprint density at radius 3 is 2.20 bits per heavy atom. The van der Waals surface area contributed by atoms with Gasteiger partial charge in [-0.25, -0.2) is 0 Å². The lowest BCUT2D eigenvalue weighted by atomic mass is 9.93. The van der Waals surface area contributed by atoms with E-state index >= 15 is 0 Å². The molecular weight excluding hydrogens is 320 g/mol. The molecule has 1 saturated heterocycles. The number of fused-ring (bicyclic) bond motifs is 1. The van der Waals surface area contributed by atoms with E-state index < -0.39 is 0 Å². The molecule has 2 aliphatic rings. The topological polar surface area (TPSA) is 74.8 Å². The molecule has 132 valence electrons. The standard InChI is InChI=1S/C19H22N2O4/c1-11(2)21-18(24)15-5-4-14(10-16(15)19(21)25)17(23)20-8-6-13(7-9-20)12(3)22/h4-5,10-11,13H,6-9H2,1-3H3. The number of carbonyl (C=O) groups excluding carboxylic acids is 4. The van der Waals surface area contributed by atoms with Gasteiger partial charge in [-0.1, -0.05) is 0 Å². The van der Waals surface area contributed by atoms with Crippen LogP contribution in [-0.2, 0) is 4.79 Å². The van der Waals surface area contributed by atoms with E-state index in [2.05, 4.69) is 0 Å². The van der Waals surface area contributed by atoms with Crippen LogP contribution in [0.3, 0.4) is 0 Å². The molecule has 1 fully saturated rings. The molecule has 0 radical (unpaired) electrons. The second-order valence-corrected chi connectivity index (χ2v) is 7.01. The molecule has 0 atom stereocenters. The van der Waals surface area contributed by atoms with E-state index in [0.717, 1.165) is 0 Å². The van der Waals surface area contributed by atoms with Crippen LogP contribution in [0.25, 0.3) is 0 Å². The van der Waals surface area contributed by atoms with Crippen LogP contribution in [0.4, 0.5) is 0 Å². The maximum absolute atomic E-state index is 12.7. The lowest BCUT2D eigenvalue weighted by molar-refractivity contribution is -0.121. The van der Waals surface area contributed by atoms with E-state index in [1.54, 1.807) is 37.8 Å². The summed E-state index contributed by atoms with van der Waals surface area (Å²) in [6.07, 6.45) is 1.34. The quantitative estimate of drug-likeness (QED) is 0.789. The fourth-order valence-corrected chi connectivity index (χ4v) is 3.53. The number of ketones is 1. The number of rotatable bonds is 3. The molecule has 0 aliphatic carbocycles. The van der Waals surface area contributed by atoms with Crippen molar-refractivity contribution in [1.29, 1.82) is 0 Å². The number of hydrogen-bond acceptors (Lipinski definition) is 4. The molecule has 6 heteroatoms. The molecule has 2 aliphatic heterocycles. The Balaban J connectivity index is 1.80. The molecule has 0 spiro atoms. The van der Waals surface area contributed by atoms with Gasteiger partial charge in [0, 0.05) is 30.6 Å². The van der Waals surface area contributed by atoms with Gasteiger partial charge < -0.3 is 4.90 Å². The Kier molecular flexibility index (Phi) is 4.45. The van der Waals surface area contributed by atoms with Crippen LogP contribution in [0, 0.1) is 5.92 Å². The van der Waals surface area contributed by atoms with Crippen LogP contribution in [0.1, 0.15) is 64.7 Å². The largest absolute Gasteiger partial charge is 0.339 e. The number of hydrogen-bond donors (Lipinski definition) is 0. The van der Waals surface area contributed by atoms with Crippen molar-refractivity contribution < 1.29 is 19.2 Å². The number of imide groups is 1. The van der Waals surface area contributed by atoms with Gasteiger partial charge in [0.25, 0.3) is 17.7 Å². The van der Waals surface area contributed by atoms with Crippen molar-refractivity contribution in [3.63, 3.8) is 0 Å². The molecule has 1 aromatic rings. The summed E-state index contributed by atoms with van der Waals surface area (Å²) in [6, 6.07) is 4.47. The zero-order chi connectivity index (χ0) is 18.3. The van der Waals surface area contributed by atoms with Gasteiger partial charge in [-0.05, 0) is 51.8 Å². The average Bonchev–Trinajstić information content (AvgIpc) is 2.85. The van der Waals surface area contributed by atoms with E-state index in [1.807, 2.05) is 0 Å². The Hall–Kier alpha value is -2.50. The number of carbonyl (C=O) groups is 4. The van der Waals surface area contributed by atoms with E-state index in [-0.39, 0.29) is 35.5 Å². The maximum atomic E-state index is 12.7. The lowest BCUT2D eigenvalue weighted by Crippen LogP contribution is -2.40. The molecular formula is C19H22N2O4. The summed E-state index contributed by atoms with van der Waals surface area (Å²) in [5.41, 5.74) is 1.06. The van der Waals surface area contributed by atoms with Crippen LogP contribution >= 0.6 is 0 Å². The van der Waals surface area contributed by atoms with Crippen molar-refractivity contribution in [1.82, 2.24) is 9.80 Å². The Morgan fingerprint density at radius 2 is 1.64 bits per heavy atom. The SMILES string of the molecule is CC(=O)C1CCN(C(=O)c2ccc3c(c2)C(=O)N(C(C)C)C3=O)CC1. The number of benzene rings is 1. The average molecular weight is 342 g/mol. The maximum Gasteiger partial charge on any atom is 0.261 e. The third-order valence-electron chi connectivity index (χ3n) is 5.04. The highest BCUT2D eigenvalue weighted by atomic mass is 16.2. The Bertz CT molecular complexity index is 761. The van der Waals surface area contributed by atoms with Gasteiger partial charge in [-0.3, -0.25) is 24.1 Å². The monoisotopic (exact) mass is 342 g/mol. The van der Waals surface area contributed by atoms with Gasteiger partial charge >= 0.3 is 0 Å². The predicted molar refractivity (Wildman–Crippen MR) is 91.4 cm³/mol. The fourth-order valence-electron chi connectivity index (χ4n) is 3.53. The third-order valence-corrected chi connectivity index (χ3v) is 5.04. The van der Waals surface area contributed by atoms with E-state index in [4.69, 9.17) is 0 Å². The van der Waals surface area contributed by atoms with Crippen molar-refractivity contribution >= 4 is 23.5 Å². The molecule has 1 aromatic carbocycles. The molecule has 0 bridgehead atoms. The molecule has 0 aromatic heterocycles. The molecule has 25 heavy (non-hydrogen) atoms. The third kappa shape index (κ3) is 2.97.